The molecular formula is C28H31NO9. The van der Waals surface area contributed by atoms with Crippen molar-refractivity contribution in [1.29, 1.82) is 0 Å². The molecule has 0 aromatic heterocycles. The molecule has 202 valence electrons. The van der Waals surface area contributed by atoms with E-state index in [9.17, 15) is 29.7 Å². The number of benzene rings is 2. The zero-order valence-electron chi connectivity index (χ0n) is 21.4. The molecule has 2 aromatic rings. The lowest BCUT2D eigenvalue weighted by Crippen LogP contribution is -2.52. The summed E-state index contributed by atoms with van der Waals surface area (Å²) in [5, 5.41) is 31.3. The van der Waals surface area contributed by atoms with Crippen LogP contribution >= 0.6 is 0 Å². The average Bonchev–Trinajstić information content (AvgIpc) is 2.90. The van der Waals surface area contributed by atoms with E-state index in [1.54, 1.807) is 32.0 Å². The minimum absolute atomic E-state index is 0.0770. The van der Waals surface area contributed by atoms with Crippen LogP contribution in [0, 0.1) is 12.8 Å². The lowest BCUT2D eigenvalue weighted by molar-refractivity contribution is -0.243. The molecule has 5 rings (SSSR count). The molecule has 38 heavy (non-hydrogen) atoms. The smallest absolute Gasteiger partial charge is 0.201 e. The minimum atomic E-state index is -0.898. The summed E-state index contributed by atoms with van der Waals surface area (Å²) in [6, 6.07) is 4.13. The zero-order valence-corrected chi connectivity index (χ0v) is 21.4. The summed E-state index contributed by atoms with van der Waals surface area (Å²) in [5.74, 6) is -2.18. The van der Waals surface area contributed by atoms with E-state index in [1.165, 1.54) is 7.11 Å². The SMILES string of the molecule is COc1cccc2c1C(=O)c1c(O)c3c(c(C)c1C2=O)C[C@@H](C(=O)CO)C[C@@H]3O[C@H]1C[C@H](N)[C@@H](O)[C@H](C)O1. The van der Waals surface area contributed by atoms with Crippen molar-refractivity contribution in [2.45, 2.75) is 63.8 Å². The topological polar surface area (TPSA) is 166 Å². The third-order valence-corrected chi connectivity index (χ3v) is 8.02. The Morgan fingerprint density at radius 2 is 1.89 bits per heavy atom. The molecule has 3 aliphatic rings. The molecule has 6 atom stereocenters. The van der Waals surface area contributed by atoms with Crippen LogP contribution in [0.4, 0.5) is 0 Å². The molecule has 5 N–H and O–H groups in total. The van der Waals surface area contributed by atoms with E-state index >= 15 is 0 Å². The van der Waals surface area contributed by atoms with Gasteiger partial charge in [-0.05, 0) is 43.9 Å². The third-order valence-electron chi connectivity index (χ3n) is 8.02. The number of nitrogens with two attached hydrogens (primary N) is 1. The molecule has 10 heteroatoms. The summed E-state index contributed by atoms with van der Waals surface area (Å²) in [5.41, 5.74) is 7.56. The van der Waals surface area contributed by atoms with Gasteiger partial charge in [-0.2, -0.15) is 0 Å². The van der Waals surface area contributed by atoms with Gasteiger partial charge in [0.15, 0.2) is 17.9 Å². The van der Waals surface area contributed by atoms with Gasteiger partial charge >= 0.3 is 0 Å². The molecule has 0 spiro atoms. The number of ether oxygens (including phenoxy) is 3. The van der Waals surface area contributed by atoms with Crippen LogP contribution in [0.1, 0.15) is 74.4 Å². The first kappa shape index (κ1) is 26.5. The number of aliphatic hydroxyl groups is 2. The van der Waals surface area contributed by atoms with Crippen LogP contribution in [-0.4, -0.2) is 70.9 Å². The Kier molecular flexibility index (Phi) is 6.87. The highest BCUT2D eigenvalue weighted by Crippen LogP contribution is 2.49. The molecule has 2 aromatic carbocycles. The summed E-state index contributed by atoms with van der Waals surface area (Å²) < 4.78 is 17.4. The Morgan fingerprint density at radius 3 is 2.55 bits per heavy atom. The van der Waals surface area contributed by atoms with E-state index in [2.05, 4.69) is 0 Å². The standard InChI is InChI=1S/C28H31NO9/c1-11-15-7-13(17(31)10-30)8-19(38-20-9-16(29)25(32)12(2)37-20)23(15)28(35)24-21(11)26(33)14-5-4-6-18(36-3)22(14)27(24)34/h4-6,12-13,16,19-20,25,30,32,35H,7-10,29H2,1-3H3/t12-,13+,16-,19-,20-,25-/m0/s1. The molecule has 10 nitrogen and oxygen atoms in total. The number of aromatic hydroxyl groups is 1. The summed E-state index contributed by atoms with van der Waals surface area (Å²) in [4.78, 5) is 40.0. The van der Waals surface area contributed by atoms with E-state index < -0.39 is 60.5 Å². The third kappa shape index (κ3) is 4.04. The molecule has 1 saturated heterocycles. The Hall–Kier alpha value is -3.15. The predicted molar refractivity (Wildman–Crippen MR) is 133 cm³/mol. The van der Waals surface area contributed by atoms with Crippen LogP contribution in [0.5, 0.6) is 11.5 Å². The highest BCUT2D eigenvalue weighted by Gasteiger charge is 2.44. The normalized spacial score (nSPS) is 28.4. The van der Waals surface area contributed by atoms with Gasteiger partial charge in [0.25, 0.3) is 0 Å². The van der Waals surface area contributed by atoms with Crippen LogP contribution in [0.15, 0.2) is 18.2 Å². The first-order valence-electron chi connectivity index (χ1n) is 12.6. The van der Waals surface area contributed by atoms with Gasteiger partial charge in [-0.3, -0.25) is 14.4 Å². The van der Waals surface area contributed by atoms with Crippen LogP contribution in [-0.2, 0) is 20.7 Å². The summed E-state index contributed by atoms with van der Waals surface area (Å²) in [6.07, 6.45) is -2.78. The van der Waals surface area contributed by atoms with Crippen LogP contribution in [0.2, 0.25) is 0 Å². The quantitative estimate of drug-likeness (QED) is 0.383. The summed E-state index contributed by atoms with van der Waals surface area (Å²) >= 11 is 0. The van der Waals surface area contributed by atoms with Crippen LogP contribution < -0.4 is 10.5 Å². The Morgan fingerprint density at radius 1 is 1.16 bits per heavy atom. The van der Waals surface area contributed by atoms with Gasteiger partial charge in [0.1, 0.15) is 18.1 Å². The second kappa shape index (κ2) is 9.87. The molecular weight excluding hydrogens is 494 g/mol. The number of phenols is 1. The lowest BCUT2D eigenvalue weighted by Gasteiger charge is -2.40. The number of phenolic OH excluding ortho intramolecular Hbond substituents is 1. The molecule has 1 heterocycles. The second-order valence-electron chi connectivity index (χ2n) is 10.2. The van der Waals surface area contributed by atoms with Gasteiger partial charge in [0, 0.05) is 35.1 Å². The Bertz CT molecular complexity index is 1320. The number of hydrogen-bond donors (Lipinski definition) is 4. The van der Waals surface area contributed by atoms with E-state index in [-0.39, 0.29) is 53.0 Å². The van der Waals surface area contributed by atoms with E-state index in [1.807, 2.05) is 0 Å². The monoisotopic (exact) mass is 525 g/mol. The number of carbonyl (C=O) groups is 3. The van der Waals surface area contributed by atoms with Crippen molar-refractivity contribution in [2.24, 2.45) is 11.7 Å². The number of carbonyl (C=O) groups excluding carboxylic acids is 3. The summed E-state index contributed by atoms with van der Waals surface area (Å²) in [6.45, 7) is 2.68. The fourth-order valence-electron chi connectivity index (χ4n) is 6.00. The summed E-state index contributed by atoms with van der Waals surface area (Å²) in [7, 11) is 1.40. The first-order valence-corrected chi connectivity index (χ1v) is 12.6. The molecule has 1 fully saturated rings. The molecule has 0 unspecified atom stereocenters. The van der Waals surface area contributed by atoms with Crippen molar-refractivity contribution in [3.63, 3.8) is 0 Å². The van der Waals surface area contributed by atoms with E-state index in [0.29, 0.717) is 16.7 Å². The Balaban J connectivity index is 1.65. The molecule has 0 bridgehead atoms. The van der Waals surface area contributed by atoms with Gasteiger partial charge in [-0.15, -0.1) is 0 Å². The fraction of sp³-hybridized carbons (Fsp3) is 0.464. The van der Waals surface area contributed by atoms with Crippen molar-refractivity contribution in [3.05, 3.63) is 57.1 Å². The van der Waals surface area contributed by atoms with E-state index in [0.717, 1.165) is 0 Å². The number of hydrogen-bond acceptors (Lipinski definition) is 10. The van der Waals surface area contributed by atoms with Crippen LogP contribution in [0.25, 0.3) is 0 Å². The van der Waals surface area contributed by atoms with Crippen molar-refractivity contribution in [1.82, 2.24) is 0 Å². The van der Waals surface area contributed by atoms with Crippen molar-refractivity contribution >= 4 is 17.3 Å². The van der Waals surface area contributed by atoms with Crippen LogP contribution in [0.3, 0.4) is 0 Å². The Labute approximate surface area is 219 Å². The predicted octanol–water partition coefficient (Wildman–Crippen LogP) is 1.49. The number of rotatable bonds is 5. The fourth-order valence-corrected chi connectivity index (χ4v) is 6.00. The largest absolute Gasteiger partial charge is 0.507 e. The van der Waals surface area contributed by atoms with Gasteiger partial charge in [-0.25, -0.2) is 0 Å². The van der Waals surface area contributed by atoms with Gasteiger partial charge in [0.2, 0.25) is 5.78 Å². The van der Waals surface area contributed by atoms with Gasteiger partial charge in [-0.1, -0.05) is 12.1 Å². The van der Waals surface area contributed by atoms with Gasteiger partial charge < -0.3 is 35.3 Å². The number of fused-ring (bicyclic) bond motifs is 3. The molecule has 0 amide bonds. The highest BCUT2D eigenvalue weighted by molar-refractivity contribution is 6.31. The molecule has 0 saturated carbocycles. The van der Waals surface area contributed by atoms with Crippen molar-refractivity contribution in [3.8, 4) is 11.5 Å². The maximum Gasteiger partial charge on any atom is 0.201 e. The van der Waals surface area contributed by atoms with E-state index in [4.69, 9.17) is 19.9 Å². The number of Topliss-reactive ketones (excluding diaryl/α,β-unsaturated/α-hetero) is 1. The van der Waals surface area contributed by atoms with Crippen molar-refractivity contribution < 1.29 is 43.9 Å². The maximum absolute atomic E-state index is 13.7. The maximum atomic E-state index is 13.7. The first-order chi connectivity index (χ1) is 18.1. The van der Waals surface area contributed by atoms with Gasteiger partial charge in [0.05, 0.1) is 36.5 Å². The number of ketones is 3. The average molecular weight is 526 g/mol. The number of aliphatic hydroxyl groups excluding tert-OH is 2. The lowest BCUT2D eigenvalue weighted by atomic mass is 9.72. The highest BCUT2D eigenvalue weighted by atomic mass is 16.7. The van der Waals surface area contributed by atoms with Crippen molar-refractivity contribution in [2.75, 3.05) is 13.7 Å². The number of methoxy groups -OCH3 is 1. The molecule has 1 aliphatic heterocycles. The molecule has 2 aliphatic carbocycles. The molecule has 0 radical (unpaired) electrons. The second-order valence-corrected chi connectivity index (χ2v) is 10.2. The zero-order chi connectivity index (χ0) is 27.5. The minimum Gasteiger partial charge on any atom is -0.507 e.